The van der Waals surface area contributed by atoms with Crippen LogP contribution in [-0.4, -0.2) is 61.0 Å². The monoisotopic (exact) mass is 1580 g/mol. The summed E-state index contributed by atoms with van der Waals surface area (Å²) in [5, 5.41) is 8.07. The SMILES string of the molecule is Cc1ccccc1-n1ccc[n+]1C.[2H]C([2H])([2H])C1(C)C(C)N(c2c(C)ccc3c2oc2ccccc23)C(C)(C)C1([2H])[2H].[2H]C([2H])([2H])C1(C)C(C)N(c2c(C)ccc3c2oc2nc(C)ccc23)C(C)(C)C1([2H])[2H].[2H]C1([2H])C2(CCCCC2)C(C)N(c2c(C)ccc3c2oc2ccccc23)C1(C)C.[2H]C1([2H])C2(CCCCC2)C(C)N(c2c(C)ccc3c2oc2nc(C)ccc23)C1(C)C. The van der Waals surface area contributed by atoms with Crippen LogP contribution < -0.4 is 24.3 Å². The molecule has 0 N–H and O–H groups in total. The Morgan fingerprint density at radius 1 is 0.359 bits per heavy atom. The van der Waals surface area contributed by atoms with Crippen LogP contribution in [0.25, 0.3) is 93.7 Å². The van der Waals surface area contributed by atoms with E-state index in [2.05, 4.69) is 164 Å². The molecule has 6 atom stereocenters. The van der Waals surface area contributed by atoms with Crippen molar-refractivity contribution < 1.29 is 41.5 Å². The summed E-state index contributed by atoms with van der Waals surface area (Å²) in [6.45, 7) is 35.9. The molecule has 7 aromatic heterocycles. The zero-order chi connectivity index (χ0) is 95.3. The van der Waals surface area contributed by atoms with Gasteiger partial charge in [-0.2, -0.15) is 0 Å². The number of pyridine rings is 2. The molecule has 12 nitrogen and oxygen atoms in total. The van der Waals surface area contributed by atoms with Gasteiger partial charge in [-0.25, -0.2) is 9.97 Å². The van der Waals surface area contributed by atoms with Gasteiger partial charge >= 0.3 is 0 Å². The minimum atomic E-state index is -2.48. The van der Waals surface area contributed by atoms with E-state index in [1.54, 1.807) is 41.5 Å². The number of rotatable bonds is 5. The molecule has 0 radical (unpaired) electrons. The Morgan fingerprint density at radius 2 is 0.692 bits per heavy atom. The lowest BCUT2D eigenvalue weighted by molar-refractivity contribution is -0.744. The number of hydrogen-bond donors (Lipinski definition) is 0. The Balaban J connectivity index is 0.000000122. The van der Waals surface area contributed by atoms with Crippen molar-refractivity contribution in [3.8, 4) is 5.69 Å². The van der Waals surface area contributed by atoms with Crippen molar-refractivity contribution in [3.63, 3.8) is 0 Å². The summed E-state index contributed by atoms with van der Waals surface area (Å²) in [4.78, 5) is 17.7. The summed E-state index contributed by atoms with van der Waals surface area (Å²) in [5.74, 6) is 0. The van der Waals surface area contributed by atoms with Gasteiger partial charge in [-0.3, -0.25) is 0 Å². The molecule has 6 fully saturated rings. The largest absolute Gasteiger partial charge is 0.454 e. The smallest absolute Gasteiger partial charge is 0.227 e. The lowest BCUT2D eigenvalue weighted by Crippen LogP contribution is -2.44. The molecule has 4 aliphatic heterocycles. The number of para-hydroxylation sites is 3. The van der Waals surface area contributed by atoms with Crippen LogP contribution in [-0.2, 0) is 7.05 Å². The number of aromatic nitrogens is 4. The first-order valence-electron chi connectivity index (χ1n) is 49.7. The minimum absolute atomic E-state index is 0.0926. The third kappa shape index (κ3) is 14.1. The number of aryl methyl sites for hydroxylation is 8. The van der Waals surface area contributed by atoms with Gasteiger partial charge in [0.2, 0.25) is 11.4 Å². The number of furan rings is 4. The van der Waals surface area contributed by atoms with Crippen molar-refractivity contribution in [1.29, 1.82) is 0 Å². The van der Waals surface area contributed by atoms with Crippen LogP contribution in [0, 0.1) is 70.1 Å². The van der Waals surface area contributed by atoms with E-state index in [1.807, 2.05) is 150 Å². The van der Waals surface area contributed by atoms with Crippen molar-refractivity contribution in [3.05, 3.63) is 203 Å². The molecular weight excluding hydrogens is 1440 g/mol. The Bertz CT molecular complexity index is 6750. The van der Waals surface area contributed by atoms with Gasteiger partial charge in [0.1, 0.15) is 16.9 Å². The topological polar surface area (TPSA) is 100 Å². The zero-order valence-electron chi connectivity index (χ0n) is 87.2. The highest BCUT2D eigenvalue weighted by Gasteiger charge is 2.57. The minimum Gasteiger partial charge on any atom is -0.454 e. The fourth-order valence-corrected chi connectivity index (χ4v) is 21.7. The zero-order valence-corrected chi connectivity index (χ0v) is 73.2. The normalized spacial score (nSPS) is 27.2. The average molecular weight is 1580 g/mol. The molecule has 0 amide bonds. The summed E-state index contributed by atoms with van der Waals surface area (Å²) in [5.41, 5.74) is 10.7. The summed E-state index contributed by atoms with van der Waals surface area (Å²) in [7, 11) is 2.03. The molecule has 7 aromatic carbocycles. The maximum atomic E-state index is 9.34. The van der Waals surface area contributed by atoms with E-state index in [4.69, 9.17) is 31.4 Å². The molecule has 14 aromatic rings. The van der Waals surface area contributed by atoms with Crippen molar-refractivity contribution in [2.75, 3.05) is 19.6 Å². The van der Waals surface area contributed by atoms with Crippen molar-refractivity contribution in [2.24, 2.45) is 28.7 Å². The number of benzene rings is 7. The van der Waals surface area contributed by atoms with E-state index in [9.17, 15) is 5.48 Å². The first-order valence-corrected chi connectivity index (χ1v) is 42.7. The van der Waals surface area contributed by atoms with Crippen molar-refractivity contribution in [2.45, 2.75) is 295 Å². The first-order chi connectivity index (χ1) is 61.0. The Kier molecular flexibility index (Phi) is 16.6. The maximum absolute atomic E-state index is 9.34. The van der Waals surface area contributed by atoms with E-state index in [1.165, 1.54) is 24.1 Å². The lowest BCUT2D eigenvalue weighted by Gasteiger charge is -2.41. The van der Waals surface area contributed by atoms with E-state index >= 15 is 0 Å². The maximum Gasteiger partial charge on any atom is 0.227 e. The molecule has 11 heterocycles. The molecule has 12 heteroatoms. The summed E-state index contributed by atoms with van der Waals surface area (Å²) in [6.07, 6.45) is 8.34. The van der Waals surface area contributed by atoms with E-state index in [0.717, 1.165) is 173 Å². The lowest BCUT2D eigenvalue weighted by atomic mass is 9.68. The van der Waals surface area contributed by atoms with E-state index in [0.29, 0.717) is 22.6 Å². The number of hydrogen-bond acceptors (Lipinski definition) is 10. The molecule has 117 heavy (non-hydrogen) atoms. The summed E-state index contributed by atoms with van der Waals surface area (Å²) < 4.78 is 152. The van der Waals surface area contributed by atoms with Crippen LogP contribution in [0.15, 0.2) is 182 Å². The van der Waals surface area contributed by atoms with Crippen LogP contribution >= 0.6 is 0 Å². The highest BCUT2D eigenvalue weighted by Crippen LogP contribution is 2.60. The fraction of sp³-hybridized carbons (Fsp3) is 0.476. The van der Waals surface area contributed by atoms with Crippen LogP contribution in [0.2, 0.25) is 0 Å². The van der Waals surface area contributed by atoms with Gasteiger partial charge in [0.05, 0.1) is 28.9 Å². The quantitative estimate of drug-likeness (QED) is 0.155. The van der Waals surface area contributed by atoms with Gasteiger partial charge in [0, 0.05) is 126 Å². The second-order valence-corrected chi connectivity index (χ2v) is 37.4. The fourth-order valence-electron chi connectivity index (χ4n) is 21.7. The molecule has 2 saturated carbocycles. The molecule has 4 saturated heterocycles. The Hall–Kier alpha value is -9.55. The van der Waals surface area contributed by atoms with Gasteiger partial charge < -0.3 is 37.3 Å². The molecule has 2 aliphatic carbocycles. The van der Waals surface area contributed by atoms with Crippen LogP contribution in [0.5, 0.6) is 0 Å². The predicted molar refractivity (Wildman–Crippen MR) is 492 cm³/mol. The third-order valence-electron chi connectivity index (χ3n) is 27.2. The van der Waals surface area contributed by atoms with Crippen molar-refractivity contribution >= 4 is 111 Å². The third-order valence-corrected chi connectivity index (χ3v) is 27.2. The summed E-state index contributed by atoms with van der Waals surface area (Å²) in [6, 6.07) is 50.0. The standard InChI is InChI=1S/C25H32N2O.C25H31NO.C22H28N2O.C22H27NO.C11H13N2/c1-16-9-11-19-20-12-10-17(2)26-23(20)28-22(19)21(16)27-18(3)25(15-24(27,4)5)13-7-6-8-14-25;1-17-12-13-20-19-10-6-7-11-21(19)27-23(20)22(17)26-18(2)25(16-24(26,3)4)14-8-5-9-15-25;1-13-8-10-16-17-11-9-14(2)23-20(17)25-19(16)18(13)24-15(3)21(4,5)12-22(24,6)7;1-14-11-12-17-16-9-7-8-10-18(16)24-20(17)19(14)23-15(2)21(3,4)13-22(23,5)6;1-10-6-3-4-7-11(10)13-9-5-8-12(13)2/h9-12,18H,6-8,13-15H2,1-5H3;6-7,10-13,18H,5,8-9,14-16H2,1-4H3;8-11,15H,12H2,1-7H3;7-12,15H,13H2,1-6H3;3-9H,1-2H3/q;;;;+1/i15D2;16D2;4D3,12D2;3D3,13D2;. The van der Waals surface area contributed by atoms with Crippen LogP contribution in [0.3, 0.4) is 0 Å². The Morgan fingerprint density at radius 3 is 1.05 bits per heavy atom. The van der Waals surface area contributed by atoms with Crippen LogP contribution in [0.4, 0.5) is 22.7 Å². The average Bonchev–Trinajstić information content (AvgIpc) is 1.56. The van der Waals surface area contributed by atoms with Crippen LogP contribution in [0.1, 0.15) is 259 Å². The van der Waals surface area contributed by atoms with E-state index < -0.39 is 84.3 Å². The number of fused-ring (bicyclic) bond motifs is 12. The molecule has 20 rings (SSSR count). The van der Waals surface area contributed by atoms with E-state index in [-0.39, 0.29) is 22.9 Å². The predicted octanol–water partition coefficient (Wildman–Crippen LogP) is 28.1. The molecule has 614 valence electrons. The first kappa shape index (κ1) is 65.4. The molecule has 6 unspecified atom stereocenters. The highest BCUT2D eigenvalue weighted by molar-refractivity contribution is 6.12. The van der Waals surface area contributed by atoms with Gasteiger partial charge in [0.25, 0.3) is 0 Å². The molecule has 6 aliphatic rings. The van der Waals surface area contributed by atoms with Gasteiger partial charge in [-0.15, -0.1) is 9.36 Å². The van der Waals surface area contributed by atoms with Gasteiger partial charge in [0.15, 0.2) is 35.6 Å². The van der Waals surface area contributed by atoms with Crippen molar-refractivity contribution in [1.82, 2.24) is 14.6 Å². The Labute approximate surface area is 716 Å². The molecule has 2 spiro atoms. The second kappa shape index (κ2) is 29.8. The van der Waals surface area contributed by atoms with Gasteiger partial charge in [-0.05, 0) is 275 Å². The van der Waals surface area contributed by atoms with Gasteiger partial charge in [-0.1, -0.05) is 169 Å². The number of anilines is 4. The molecular formula is C105H131N8O4+. The molecule has 0 bridgehead atoms. The second-order valence-electron chi connectivity index (χ2n) is 37.4. The number of nitrogens with zero attached hydrogens (tertiary/aromatic N) is 8. The summed E-state index contributed by atoms with van der Waals surface area (Å²) >= 11 is 0. The highest BCUT2D eigenvalue weighted by atomic mass is 16.3.